The van der Waals surface area contributed by atoms with Gasteiger partial charge in [0.05, 0.1) is 13.1 Å². The monoisotopic (exact) mass is 329 g/mol. The number of carbonyl (C=O) groups excluding carboxylic acids is 1. The van der Waals surface area contributed by atoms with Crippen LogP contribution in [-0.2, 0) is 13.1 Å². The molecule has 4 rings (SSSR count). The van der Waals surface area contributed by atoms with Crippen molar-refractivity contribution in [2.45, 2.75) is 32.0 Å². The van der Waals surface area contributed by atoms with Gasteiger partial charge in [0, 0.05) is 42.5 Å². The molecular weight excluding hydrogens is 310 g/mol. The number of fused-ring (bicyclic) bond motifs is 3. The van der Waals surface area contributed by atoms with E-state index in [-0.39, 0.29) is 6.03 Å². The van der Waals surface area contributed by atoms with Crippen LogP contribution < -0.4 is 10.2 Å². The number of thiazole rings is 1. The van der Waals surface area contributed by atoms with Crippen LogP contribution in [0.15, 0.2) is 29.9 Å². The van der Waals surface area contributed by atoms with Gasteiger partial charge in [-0.15, -0.1) is 11.3 Å². The molecule has 0 spiro atoms. The molecule has 0 aliphatic carbocycles. The maximum atomic E-state index is 12.6. The van der Waals surface area contributed by atoms with Gasteiger partial charge >= 0.3 is 6.03 Å². The maximum Gasteiger partial charge on any atom is 0.318 e. The lowest BCUT2D eigenvalue weighted by molar-refractivity contribution is 0.192. The van der Waals surface area contributed by atoms with Gasteiger partial charge in [-0.1, -0.05) is 6.07 Å². The van der Waals surface area contributed by atoms with E-state index in [1.165, 1.54) is 0 Å². The summed E-state index contributed by atoms with van der Waals surface area (Å²) in [6.45, 7) is 2.88. The first-order valence-electron chi connectivity index (χ1n) is 7.93. The van der Waals surface area contributed by atoms with Crippen LogP contribution in [0.3, 0.4) is 0 Å². The summed E-state index contributed by atoms with van der Waals surface area (Å²) in [6.07, 6.45) is 5.88. The van der Waals surface area contributed by atoms with Crippen molar-refractivity contribution >= 4 is 23.2 Å². The maximum absolute atomic E-state index is 12.6. The van der Waals surface area contributed by atoms with E-state index in [1.807, 2.05) is 22.5 Å². The Bertz CT molecular complexity index is 690. The van der Waals surface area contributed by atoms with E-state index in [1.54, 1.807) is 17.5 Å². The highest BCUT2D eigenvalue weighted by Gasteiger charge is 2.33. The molecule has 0 bridgehead atoms. The van der Waals surface area contributed by atoms with Crippen LogP contribution in [-0.4, -0.2) is 40.0 Å². The molecular formula is C16H19N5OS. The second kappa shape index (κ2) is 6.16. The van der Waals surface area contributed by atoms with Crippen molar-refractivity contribution in [3.05, 3.63) is 40.5 Å². The first-order valence-corrected chi connectivity index (χ1v) is 8.81. The smallest absolute Gasteiger partial charge is 0.318 e. The van der Waals surface area contributed by atoms with Crippen LogP contribution in [0.5, 0.6) is 0 Å². The second-order valence-corrected chi connectivity index (χ2v) is 6.92. The van der Waals surface area contributed by atoms with Crippen molar-refractivity contribution in [2.24, 2.45) is 0 Å². The van der Waals surface area contributed by atoms with Gasteiger partial charge in [-0.3, -0.25) is 0 Å². The number of nitrogens with zero attached hydrogens (tertiary/aromatic N) is 4. The summed E-state index contributed by atoms with van der Waals surface area (Å²) in [5.74, 6) is 1.05. The highest BCUT2D eigenvalue weighted by atomic mass is 32.1. The summed E-state index contributed by atoms with van der Waals surface area (Å²) in [6, 6.07) is 4.37. The van der Waals surface area contributed by atoms with Gasteiger partial charge in [0.1, 0.15) is 10.8 Å². The van der Waals surface area contributed by atoms with Crippen LogP contribution in [0.25, 0.3) is 0 Å². The minimum Gasteiger partial charge on any atom is -0.352 e. The topological polar surface area (TPSA) is 61.4 Å². The number of hydrogen-bond donors (Lipinski definition) is 1. The normalized spacial score (nSPS) is 19.9. The van der Waals surface area contributed by atoms with Crippen LogP contribution in [0.1, 0.15) is 23.4 Å². The lowest BCUT2D eigenvalue weighted by Gasteiger charge is -2.26. The van der Waals surface area contributed by atoms with E-state index in [4.69, 9.17) is 0 Å². The number of anilines is 1. The van der Waals surface area contributed by atoms with Crippen molar-refractivity contribution in [2.75, 3.05) is 18.0 Å². The first-order chi connectivity index (χ1) is 11.3. The first kappa shape index (κ1) is 14.4. The van der Waals surface area contributed by atoms with Crippen molar-refractivity contribution in [1.29, 1.82) is 0 Å². The molecule has 0 saturated carbocycles. The fraction of sp³-hybridized carbons (Fsp3) is 0.438. The number of hydrogen-bond acceptors (Lipinski definition) is 5. The summed E-state index contributed by atoms with van der Waals surface area (Å²) in [7, 11) is 0. The lowest BCUT2D eigenvalue weighted by Crippen LogP contribution is -2.44. The van der Waals surface area contributed by atoms with Crippen LogP contribution >= 0.6 is 11.3 Å². The lowest BCUT2D eigenvalue weighted by atomic mass is 10.2. The molecule has 0 radical (unpaired) electrons. The van der Waals surface area contributed by atoms with Gasteiger partial charge in [0.25, 0.3) is 0 Å². The zero-order chi connectivity index (χ0) is 15.6. The third kappa shape index (κ3) is 2.88. The molecule has 6 nitrogen and oxygen atoms in total. The Morgan fingerprint density at radius 1 is 1.39 bits per heavy atom. The van der Waals surface area contributed by atoms with Crippen molar-refractivity contribution in [1.82, 2.24) is 20.2 Å². The number of pyridine rings is 1. The number of aromatic nitrogens is 2. The predicted molar refractivity (Wildman–Crippen MR) is 89.4 cm³/mol. The van der Waals surface area contributed by atoms with Gasteiger partial charge in [-0.25, -0.2) is 14.8 Å². The Balaban J connectivity index is 1.52. The molecule has 2 amide bonds. The molecule has 7 heteroatoms. The van der Waals surface area contributed by atoms with Gasteiger partial charge < -0.3 is 15.1 Å². The zero-order valence-electron chi connectivity index (χ0n) is 12.8. The summed E-state index contributed by atoms with van der Waals surface area (Å²) in [5.41, 5.74) is 1.13. The van der Waals surface area contributed by atoms with Crippen molar-refractivity contribution in [3.63, 3.8) is 0 Å². The minimum atomic E-state index is -0.0243. The molecule has 1 fully saturated rings. The quantitative estimate of drug-likeness (QED) is 0.918. The second-order valence-electron chi connectivity index (χ2n) is 5.94. The number of urea groups is 1. The van der Waals surface area contributed by atoms with E-state index in [0.717, 1.165) is 42.3 Å². The van der Waals surface area contributed by atoms with Crippen molar-refractivity contribution < 1.29 is 4.79 Å². The summed E-state index contributed by atoms with van der Waals surface area (Å²) < 4.78 is 0. The van der Waals surface area contributed by atoms with Gasteiger partial charge in [0.2, 0.25) is 0 Å². The fourth-order valence-electron chi connectivity index (χ4n) is 3.40. The Morgan fingerprint density at radius 3 is 3.22 bits per heavy atom. The van der Waals surface area contributed by atoms with E-state index in [0.29, 0.717) is 19.1 Å². The third-order valence-electron chi connectivity index (χ3n) is 4.47. The summed E-state index contributed by atoms with van der Waals surface area (Å²) in [5, 5.41) is 5.84. The molecule has 4 heterocycles. The molecule has 2 aromatic rings. The fourth-order valence-corrected chi connectivity index (χ4v) is 3.96. The SMILES string of the molecule is O=C(NCc1nccs1)N1Cc2cccnc2N2CCC[C@@H]2C1. The van der Waals surface area contributed by atoms with Crippen molar-refractivity contribution in [3.8, 4) is 0 Å². The molecule has 120 valence electrons. The van der Waals surface area contributed by atoms with Crippen LogP contribution in [0.2, 0.25) is 0 Å². The molecule has 23 heavy (non-hydrogen) atoms. The summed E-state index contributed by atoms with van der Waals surface area (Å²) >= 11 is 1.56. The summed E-state index contributed by atoms with van der Waals surface area (Å²) in [4.78, 5) is 25.6. The number of nitrogens with one attached hydrogen (secondary N) is 1. The average molecular weight is 329 g/mol. The van der Waals surface area contributed by atoms with Gasteiger partial charge in [-0.2, -0.15) is 0 Å². The standard InChI is InChI=1S/C16H19N5OS/c22-16(19-9-14-17-6-8-23-14)20-10-12-3-1-5-18-15(12)21-7-2-4-13(21)11-20/h1,3,5-6,8,13H,2,4,7,9-11H2,(H,19,22)/t13-/m1/s1. The molecule has 1 N–H and O–H groups in total. The van der Waals surface area contributed by atoms with Crippen LogP contribution in [0.4, 0.5) is 10.6 Å². The number of rotatable bonds is 2. The molecule has 0 aromatic carbocycles. The Morgan fingerprint density at radius 2 is 2.35 bits per heavy atom. The highest BCUT2D eigenvalue weighted by Crippen LogP contribution is 2.31. The van der Waals surface area contributed by atoms with E-state index < -0.39 is 0 Å². The van der Waals surface area contributed by atoms with Crippen LogP contribution in [0, 0.1) is 0 Å². The molecule has 2 aromatic heterocycles. The largest absolute Gasteiger partial charge is 0.352 e. The minimum absolute atomic E-state index is 0.0243. The molecule has 2 aliphatic rings. The zero-order valence-corrected chi connectivity index (χ0v) is 13.6. The number of amides is 2. The van der Waals surface area contributed by atoms with E-state index >= 15 is 0 Å². The molecule has 1 atom stereocenters. The Hall–Kier alpha value is -2.15. The van der Waals surface area contributed by atoms with Gasteiger partial charge in [-0.05, 0) is 18.9 Å². The van der Waals surface area contributed by atoms with E-state index in [2.05, 4.69) is 26.3 Å². The van der Waals surface area contributed by atoms with Gasteiger partial charge in [0.15, 0.2) is 0 Å². The Labute approximate surface area is 139 Å². The average Bonchev–Trinajstić information content (AvgIpc) is 3.22. The molecule has 2 aliphatic heterocycles. The molecule has 1 saturated heterocycles. The predicted octanol–water partition coefficient (Wildman–Crippen LogP) is 2.23. The molecule has 0 unspecified atom stereocenters. The Kier molecular flexibility index (Phi) is 3.87. The number of carbonyl (C=O) groups is 1. The highest BCUT2D eigenvalue weighted by molar-refractivity contribution is 7.09. The third-order valence-corrected chi connectivity index (χ3v) is 5.25. The van der Waals surface area contributed by atoms with E-state index in [9.17, 15) is 4.79 Å².